The van der Waals surface area contributed by atoms with E-state index in [9.17, 15) is 39.9 Å². The number of ketones is 3. The monoisotopic (exact) mass is 432 g/mol. The first kappa shape index (κ1) is 21.9. The summed E-state index contributed by atoms with van der Waals surface area (Å²) in [5, 5.41) is 54.7. The molecule has 3 unspecified atom stereocenters. The van der Waals surface area contributed by atoms with Crippen LogP contribution < -0.4 is 0 Å². The highest BCUT2D eigenvalue weighted by Crippen LogP contribution is 2.56. The number of hydrogen-bond acceptors (Lipinski definition) is 8. The zero-order valence-corrected chi connectivity index (χ0v) is 17.7. The van der Waals surface area contributed by atoms with Crippen LogP contribution >= 0.6 is 0 Å². The predicted octanol–water partition coefficient (Wildman–Crippen LogP) is 1.06. The maximum Gasteiger partial charge on any atom is 0.209 e. The van der Waals surface area contributed by atoms with Crippen molar-refractivity contribution < 1.29 is 39.9 Å². The van der Waals surface area contributed by atoms with Crippen LogP contribution in [-0.4, -0.2) is 60.7 Å². The SMILES string of the molecule is CCC(=O)C1=C(O)C[C@@H]2[C@@H](O)[C@H]3C(=C(O)[C@]2(O)C1=O)C(=O)C1C(O)C(C)=CCC1[C@@H]3C. The molecule has 0 spiro atoms. The first-order chi connectivity index (χ1) is 14.5. The third kappa shape index (κ3) is 2.68. The number of Topliss-reactive ketones (excluding diaryl/α,β-unsaturated/α-hetero) is 3. The number of carbonyl (C=O) groups excluding carboxylic acids is 3. The Morgan fingerprint density at radius 3 is 2.45 bits per heavy atom. The van der Waals surface area contributed by atoms with Gasteiger partial charge in [0.15, 0.2) is 17.2 Å². The molecular formula is C23H28O8. The molecular weight excluding hydrogens is 404 g/mol. The number of aliphatic hydroxyl groups is 5. The molecule has 0 aromatic rings. The van der Waals surface area contributed by atoms with Gasteiger partial charge in [-0.2, -0.15) is 0 Å². The average Bonchev–Trinajstić information content (AvgIpc) is 2.73. The van der Waals surface area contributed by atoms with E-state index in [4.69, 9.17) is 0 Å². The quantitative estimate of drug-likeness (QED) is 0.321. The summed E-state index contributed by atoms with van der Waals surface area (Å²) in [5.74, 6) is -7.59. The fourth-order valence-corrected chi connectivity index (χ4v) is 6.13. The van der Waals surface area contributed by atoms with E-state index in [2.05, 4.69) is 0 Å². The summed E-state index contributed by atoms with van der Waals surface area (Å²) in [5.41, 5.74) is -2.92. The van der Waals surface area contributed by atoms with Gasteiger partial charge in [-0.25, -0.2) is 0 Å². The highest BCUT2D eigenvalue weighted by Gasteiger charge is 2.65. The average molecular weight is 432 g/mol. The lowest BCUT2D eigenvalue weighted by atomic mass is 9.51. The van der Waals surface area contributed by atoms with Crippen molar-refractivity contribution >= 4 is 17.3 Å². The Balaban J connectivity index is 1.90. The van der Waals surface area contributed by atoms with Gasteiger partial charge in [-0.05, 0) is 30.8 Å². The lowest BCUT2D eigenvalue weighted by Gasteiger charge is -2.54. The molecule has 31 heavy (non-hydrogen) atoms. The molecule has 0 saturated heterocycles. The Hall–Kier alpha value is -2.29. The van der Waals surface area contributed by atoms with Crippen LogP contribution in [0.4, 0.5) is 0 Å². The summed E-state index contributed by atoms with van der Waals surface area (Å²) in [6.45, 7) is 5.01. The number of rotatable bonds is 2. The zero-order valence-electron chi connectivity index (χ0n) is 17.7. The maximum absolute atomic E-state index is 13.4. The smallest absolute Gasteiger partial charge is 0.209 e. The van der Waals surface area contributed by atoms with Crippen LogP contribution in [0.25, 0.3) is 0 Å². The number of aliphatic hydroxyl groups excluding tert-OH is 4. The Bertz CT molecular complexity index is 972. The van der Waals surface area contributed by atoms with Gasteiger partial charge < -0.3 is 25.5 Å². The van der Waals surface area contributed by atoms with Crippen LogP contribution in [0.5, 0.6) is 0 Å². The van der Waals surface area contributed by atoms with Crippen molar-refractivity contribution in [1.82, 2.24) is 0 Å². The van der Waals surface area contributed by atoms with Gasteiger partial charge in [0, 0.05) is 30.3 Å². The van der Waals surface area contributed by atoms with Gasteiger partial charge in [0.25, 0.3) is 0 Å². The molecule has 168 valence electrons. The summed E-state index contributed by atoms with van der Waals surface area (Å²) >= 11 is 0. The molecule has 8 atom stereocenters. The summed E-state index contributed by atoms with van der Waals surface area (Å²) in [4.78, 5) is 38.8. The summed E-state index contributed by atoms with van der Waals surface area (Å²) in [6.07, 6.45) is -0.587. The molecule has 4 aliphatic rings. The molecule has 0 amide bonds. The molecule has 0 radical (unpaired) electrons. The lowest BCUT2D eigenvalue weighted by molar-refractivity contribution is -0.162. The van der Waals surface area contributed by atoms with Gasteiger partial charge in [-0.3, -0.25) is 14.4 Å². The molecule has 8 nitrogen and oxygen atoms in total. The Morgan fingerprint density at radius 2 is 1.84 bits per heavy atom. The van der Waals surface area contributed by atoms with Crippen molar-refractivity contribution in [2.24, 2.45) is 29.6 Å². The minimum atomic E-state index is -2.69. The zero-order chi connectivity index (χ0) is 23.0. The molecule has 0 aromatic heterocycles. The molecule has 4 rings (SSSR count). The van der Waals surface area contributed by atoms with Crippen molar-refractivity contribution in [3.05, 3.63) is 34.3 Å². The first-order valence-electron chi connectivity index (χ1n) is 10.7. The third-order valence-corrected chi connectivity index (χ3v) is 7.93. The van der Waals surface area contributed by atoms with E-state index in [-0.39, 0.29) is 30.3 Å². The van der Waals surface area contributed by atoms with Gasteiger partial charge in [0.1, 0.15) is 17.1 Å². The maximum atomic E-state index is 13.4. The van der Waals surface area contributed by atoms with E-state index >= 15 is 0 Å². The van der Waals surface area contributed by atoms with E-state index in [1.807, 2.05) is 13.0 Å². The standard InChI is InChI=1S/C23H28O8/c1-4-12(24)16-13(25)7-11-19(27)14-9(3)10-6-5-8(2)18(26)15(10)20(28)17(14)22(30)23(11,31)21(16)29/h5,9-11,14-15,18-19,25-27,30-31H,4,6-7H2,1-3H3/t9-,10?,11+,14+,15?,18?,19+,23+/m0/s1. The number of allylic oxidation sites excluding steroid dienone is 2. The van der Waals surface area contributed by atoms with Crippen LogP contribution in [0, 0.1) is 29.6 Å². The van der Waals surface area contributed by atoms with Crippen LogP contribution in [0.1, 0.15) is 40.0 Å². The molecule has 1 saturated carbocycles. The summed E-state index contributed by atoms with van der Waals surface area (Å²) < 4.78 is 0. The van der Waals surface area contributed by atoms with Crippen LogP contribution in [0.2, 0.25) is 0 Å². The van der Waals surface area contributed by atoms with Crippen molar-refractivity contribution in [1.29, 1.82) is 0 Å². The molecule has 1 fully saturated rings. The second kappa shape index (κ2) is 7.12. The second-order valence-corrected chi connectivity index (χ2v) is 9.32. The van der Waals surface area contributed by atoms with E-state index in [0.29, 0.717) is 12.0 Å². The predicted molar refractivity (Wildman–Crippen MR) is 108 cm³/mol. The number of fused-ring (bicyclic) bond motifs is 3. The number of hydrogen-bond donors (Lipinski definition) is 5. The molecule has 5 N–H and O–H groups in total. The Morgan fingerprint density at radius 1 is 1.19 bits per heavy atom. The van der Waals surface area contributed by atoms with E-state index in [1.165, 1.54) is 6.92 Å². The molecule has 0 aromatic carbocycles. The van der Waals surface area contributed by atoms with Crippen molar-refractivity contribution in [2.75, 3.05) is 0 Å². The van der Waals surface area contributed by atoms with Gasteiger partial charge >= 0.3 is 0 Å². The topological polar surface area (TPSA) is 152 Å². The van der Waals surface area contributed by atoms with E-state index in [0.717, 1.165) is 0 Å². The molecule has 0 heterocycles. The molecule has 4 aliphatic carbocycles. The highest BCUT2D eigenvalue weighted by molar-refractivity contribution is 6.25. The minimum absolute atomic E-state index is 0.105. The molecule has 0 aliphatic heterocycles. The highest BCUT2D eigenvalue weighted by atomic mass is 16.4. The van der Waals surface area contributed by atoms with Crippen molar-refractivity contribution in [2.45, 2.75) is 57.8 Å². The van der Waals surface area contributed by atoms with Crippen LogP contribution in [0.3, 0.4) is 0 Å². The largest absolute Gasteiger partial charge is 0.511 e. The van der Waals surface area contributed by atoms with Gasteiger partial charge in [0.2, 0.25) is 5.78 Å². The first-order valence-corrected chi connectivity index (χ1v) is 10.7. The Labute approximate surface area is 179 Å². The van der Waals surface area contributed by atoms with Gasteiger partial charge in [0.05, 0.1) is 18.1 Å². The van der Waals surface area contributed by atoms with Gasteiger partial charge in [-0.1, -0.05) is 19.9 Å². The minimum Gasteiger partial charge on any atom is -0.511 e. The second-order valence-electron chi connectivity index (χ2n) is 9.32. The third-order valence-electron chi connectivity index (χ3n) is 7.93. The van der Waals surface area contributed by atoms with Crippen LogP contribution in [-0.2, 0) is 14.4 Å². The van der Waals surface area contributed by atoms with Crippen LogP contribution in [0.15, 0.2) is 34.3 Å². The summed E-state index contributed by atoms with van der Waals surface area (Å²) in [6, 6.07) is 0. The van der Waals surface area contributed by atoms with E-state index < -0.39 is 70.0 Å². The fourth-order valence-electron chi connectivity index (χ4n) is 6.13. The Kier molecular flexibility index (Phi) is 5.03. The van der Waals surface area contributed by atoms with E-state index in [1.54, 1.807) is 6.92 Å². The normalized spacial score (nSPS) is 42.6. The van der Waals surface area contributed by atoms with Gasteiger partial charge in [-0.15, -0.1) is 0 Å². The van der Waals surface area contributed by atoms with Crippen molar-refractivity contribution in [3.63, 3.8) is 0 Å². The fraction of sp³-hybridized carbons (Fsp3) is 0.609. The molecule has 0 bridgehead atoms. The number of carbonyl (C=O) groups is 3. The lowest BCUT2D eigenvalue weighted by Crippen LogP contribution is -2.64. The van der Waals surface area contributed by atoms with Crippen molar-refractivity contribution in [3.8, 4) is 0 Å². The summed E-state index contributed by atoms with van der Waals surface area (Å²) in [7, 11) is 0. The molecule has 8 heteroatoms.